The lowest BCUT2D eigenvalue weighted by atomic mass is 10.2. The van der Waals surface area contributed by atoms with Crippen LogP contribution in [0.3, 0.4) is 0 Å². The molecule has 104 valence electrons. The van der Waals surface area contributed by atoms with Crippen molar-refractivity contribution in [2.75, 3.05) is 25.1 Å². The summed E-state index contributed by atoms with van der Waals surface area (Å²) in [7, 11) is 0. The number of carboxylic acid groups (broad SMARTS) is 1. The van der Waals surface area contributed by atoms with Gasteiger partial charge in [0.05, 0.1) is 17.3 Å². The summed E-state index contributed by atoms with van der Waals surface area (Å²) in [5.74, 6) is -1.73. The standard InChI is InChI=1S/C11H15N3O5/c1-2-19-5-3-4-12-9-7-13-10(14(17)18)6-8(9)11(15)16/h6-7,12H,2-5H2,1H3,(H,15,16). The maximum absolute atomic E-state index is 11.0. The van der Waals surface area contributed by atoms with Gasteiger partial charge < -0.3 is 25.3 Å². The van der Waals surface area contributed by atoms with Crippen LogP contribution in [0, 0.1) is 10.1 Å². The number of nitrogens with zero attached hydrogens (tertiary/aromatic N) is 2. The van der Waals surface area contributed by atoms with Gasteiger partial charge in [0, 0.05) is 19.8 Å². The van der Waals surface area contributed by atoms with E-state index >= 15 is 0 Å². The maximum atomic E-state index is 11.0. The van der Waals surface area contributed by atoms with Crippen LogP contribution in [0.2, 0.25) is 0 Å². The molecule has 19 heavy (non-hydrogen) atoms. The number of rotatable bonds is 8. The predicted molar refractivity (Wildman–Crippen MR) is 67.5 cm³/mol. The Morgan fingerprint density at radius 2 is 2.37 bits per heavy atom. The van der Waals surface area contributed by atoms with E-state index in [4.69, 9.17) is 9.84 Å². The van der Waals surface area contributed by atoms with Gasteiger partial charge in [-0.05, 0) is 23.3 Å². The predicted octanol–water partition coefficient (Wildman–Crippen LogP) is 1.53. The van der Waals surface area contributed by atoms with Crippen molar-refractivity contribution >= 4 is 17.5 Å². The van der Waals surface area contributed by atoms with Crippen LogP contribution in [-0.4, -0.2) is 40.7 Å². The van der Waals surface area contributed by atoms with Gasteiger partial charge in [-0.3, -0.25) is 0 Å². The Labute approximate surface area is 109 Å². The van der Waals surface area contributed by atoms with E-state index in [1.807, 2.05) is 6.92 Å². The second-order valence-corrected chi connectivity index (χ2v) is 3.63. The van der Waals surface area contributed by atoms with Gasteiger partial charge in [0.25, 0.3) is 0 Å². The Morgan fingerprint density at radius 1 is 1.63 bits per heavy atom. The average molecular weight is 269 g/mol. The molecule has 8 heteroatoms. The first kappa shape index (κ1) is 14.8. The lowest BCUT2D eigenvalue weighted by Crippen LogP contribution is -2.11. The fraction of sp³-hybridized carbons (Fsp3) is 0.455. The molecule has 0 bridgehead atoms. The fourth-order valence-corrected chi connectivity index (χ4v) is 1.40. The Hall–Kier alpha value is -2.22. The van der Waals surface area contributed by atoms with Crippen LogP contribution in [0.1, 0.15) is 23.7 Å². The molecular formula is C11H15N3O5. The average Bonchev–Trinajstić information content (AvgIpc) is 2.38. The zero-order valence-electron chi connectivity index (χ0n) is 10.5. The molecule has 8 nitrogen and oxygen atoms in total. The summed E-state index contributed by atoms with van der Waals surface area (Å²) >= 11 is 0. The third-order valence-corrected chi connectivity index (χ3v) is 2.29. The van der Waals surface area contributed by atoms with E-state index in [0.29, 0.717) is 26.2 Å². The molecule has 0 spiro atoms. The fourth-order valence-electron chi connectivity index (χ4n) is 1.40. The van der Waals surface area contributed by atoms with Gasteiger partial charge in [-0.1, -0.05) is 0 Å². The van der Waals surface area contributed by atoms with Crippen molar-refractivity contribution < 1.29 is 19.6 Å². The second-order valence-electron chi connectivity index (χ2n) is 3.63. The third-order valence-electron chi connectivity index (χ3n) is 2.29. The largest absolute Gasteiger partial charge is 0.478 e. The molecule has 0 fully saturated rings. The Morgan fingerprint density at radius 3 is 2.95 bits per heavy atom. The summed E-state index contributed by atoms with van der Waals surface area (Å²) in [6.07, 6.45) is 1.85. The van der Waals surface area contributed by atoms with Crippen molar-refractivity contribution in [1.82, 2.24) is 4.98 Å². The van der Waals surface area contributed by atoms with Crippen LogP contribution in [0.5, 0.6) is 0 Å². The van der Waals surface area contributed by atoms with Crippen LogP contribution in [0.4, 0.5) is 11.5 Å². The van der Waals surface area contributed by atoms with Crippen LogP contribution in [-0.2, 0) is 4.74 Å². The minimum atomic E-state index is -1.24. The van der Waals surface area contributed by atoms with E-state index in [1.54, 1.807) is 0 Å². The molecule has 0 saturated carbocycles. The normalized spacial score (nSPS) is 10.2. The molecule has 0 aliphatic heterocycles. The van der Waals surface area contributed by atoms with E-state index in [2.05, 4.69) is 10.3 Å². The zero-order chi connectivity index (χ0) is 14.3. The molecule has 1 aromatic heterocycles. The lowest BCUT2D eigenvalue weighted by Gasteiger charge is -2.07. The first-order valence-electron chi connectivity index (χ1n) is 5.75. The van der Waals surface area contributed by atoms with Crippen LogP contribution in [0.25, 0.3) is 0 Å². The van der Waals surface area contributed by atoms with Gasteiger partial charge >= 0.3 is 11.8 Å². The van der Waals surface area contributed by atoms with Gasteiger partial charge in [0.15, 0.2) is 6.20 Å². The van der Waals surface area contributed by atoms with Crippen molar-refractivity contribution in [2.24, 2.45) is 0 Å². The molecule has 0 aliphatic rings. The number of anilines is 1. The molecule has 0 unspecified atom stereocenters. The molecule has 0 radical (unpaired) electrons. The third kappa shape index (κ3) is 4.51. The number of hydrogen-bond donors (Lipinski definition) is 2. The molecular weight excluding hydrogens is 254 g/mol. The number of carbonyl (C=O) groups is 1. The summed E-state index contributed by atoms with van der Waals surface area (Å²) in [5.41, 5.74) is 0.0905. The molecule has 0 atom stereocenters. The maximum Gasteiger partial charge on any atom is 0.364 e. The molecule has 2 N–H and O–H groups in total. The quantitative estimate of drug-likeness (QED) is 0.417. The highest BCUT2D eigenvalue weighted by atomic mass is 16.6. The van der Waals surface area contributed by atoms with Crippen molar-refractivity contribution in [1.29, 1.82) is 0 Å². The highest BCUT2D eigenvalue weighted by Gasteiger charge is 2.17. The van der Waals surface area contributed by atoms with Gasteiger partial charge in [-0.25, -0.2) is 4.79 Å². The SMILES string of the molecule is CCOCCCNc1cnc([N+](=O)[O-])cc1C(=O)O. The monoisotopic (exact) mass is 269 g/mol. The number of carboxylic acids is 1. The number of pyridine rings is 1. The lowest BCUT2D eigenvalue weighted by molar-refractivity contribution is -0.389. The zero-order valence-corrected chi connectivity index (χ0v) is 10.5. The van der Waals surface area contributed by atoms with Crippen LogP contribution in [0.15, 0.2) is 12.3 Å². The van der Waals surface area contributed by atoms with Crippen molar-refractivity contribution in [3.8, 4) is 0 Å². The van der Waals surface area contributed by atoms with Crippen molar-refractivity contribution in [3.05, 3.63) is 27.9 Å². The van der Waals surface area contributed by atoms with Gasteiger partial charge in [-0.2, -0.15) is 0 Å². The van der Waals surface area contributed by atoms with E-state index in [-0.39, 0.29) is 11.3 Å². The molecule has 0 amide bonds. The minimum absolute atomic E-state index is 0.168. The number of aromatic carboxylic acids is 1. The topological polar surface area (TPSA) is 115 Å². The van der Waals surface area contributed by atoms with E-state index in [9.17, 15) is 14.9 Å². The molecule has 1 aromatic rings. The first-order chi connectivity index (χ1) is 9.06. The molecule has 1 heterocycles. The van der Waals surface area contributed by atoms with E-state index in [0.717, 1.165) is 12.3 Å². The molecule has 0 aromatic carbocycles. The summed E-state index contributed by atoms with van der Waals surface area (Å²) < 4.78 is 5.14. The first-order valence-corrected chi connectivity index (χ1v) is 5.75. The number of ether oxygens (including phenoxy) is 1. The smallest absolute Gasteiger partial charge is 0.364 e. The number of hydrogen-bond acceptors (Lipinski definition) is 6. The number of nitrogens with one attached hydrogen (secondary N) is 1. The Kier molecular flexibility index (Phi) is 5.68. The van der Waals surface area contributed by atoms with E-state index in [1.165, 1.54) is 0 Å². The summed E-state index contributed by atoms with van der Waals surface area (Å²) in [6.45, 7) is 3.57. The summed E-state index contributed by atoms with van der Waals surface area (Å²) in [4.78, 5) is 24.4. The van der Waals surface area contributed by atoms with Gasteiger partial charge in [0.1, 0.15) is 0 Å². The van der Waals surface area contributed by atoms with Crippen LogP contribution < -0.4 is 5.32 Å². The van der Waals surface area contributed by atoms with Gasteiger partial charge in [0.2, 0.25) is 0 Å². The summed E-state index contributed by atoms with van der Waals surface area (Å²) in [6, 6.07) is 0.938. The highest BCUT2D eigenvalue weighted by Crippen LogP contribution is 2.19. The second kappa shape index (κ2) is 7.27. The van der Waals surface area contributed by atoms with Crippen molar-refractivity contribution in [2.45, 2.75) is 13.3 Å². The van der Waals surface area contributed by atoms with Crippen LogP contribution >= 0.6 is 0 Å². The van der Waals surface area contributed by atoms with Gasteiger partial charge in [-0.15, -0.1) is 0 Å². The van der Waals surface area contributed by atoms with Crippen molar-refractivity contribution in [3.63, 3.8) is 0 Å². The number of aromatic nitrogens is 1. The Balaban J connectivity index is 2.71. The van der Waals surface area contributed by atoms with E-state index < -0.39 is 16.7 Å². The highest BCUT2D eigenvalue weighted by molar-refractivity contribution is 5.94. The number of nitro groups is 1. The molecule has 0 aliphatic carbocycles. The Bertz CT molecular complexity index is 464. The molecule has 1 rings (SSSR count). The molecule has 0 saturated heterocycles. The minimum Gasteiger partial charge on any atom is -0.478 e. The summed E-state index contributed by atoms with van der Waals surface area (Å²) in [5, 5.41) is 22.4.